The van der Waals surface area contributed by atoms with Gasteiger partial charge in [0.2, 0.25) is 0 Å². The van der Waals surface area contributed by atoms with Gasteiger partial charge >= 0.3 is 0 Å². The Morgan fingerprint density at radius 3 is 2.48 bits per heavy atom. The van der Waals surface area contributed by atoms with Gasteiger partial charge < -0.3 is 15.0 Å². The highest BCUT2D eigenvalue weighted by atomic mass is 16.5. The Bertz CT molecular complexity index is 268. The summed E-state index contributed by atoms with van der Waals surface area (Å²) in [5.74, 6) is 0. The standard InChI is InChI=1S/C18H36N2O/c1-3-19-15-18(11-7-4-5-8-12-18)16-20(2)14-17-10-6-9-13-21-17/h17,19H,3-16H2,1-2H3. The molecular weight excluding hydrogens is 260 g/mol. The molecule has 0 amide bonds. The van der Waals surface area contributed by atoms with Crippen LogP contribution in [0.1, 0.15) is 64.7 Å². The predicted molar refractivity (Wildman–Crippen MR) is 89.8 cm³/mol. The molecule has 0 aromatic rings. The average Bonchev–Trinajstić information content (AvgIpc) is 2.72. The molecule has 3 nitrogen and oxygen atoms in total. The molecule has 124 valence electrons. The van der Waals surface area contributed by atoms with E-state index in [-0.39, 0.29) is 0 Å². The highest BCUT2D eigenvalue weighted by Gasteiger charge is 2.32. The molecule has 0 spiro atoms. The van der Waals surface area contributed by atoms with Gasteiger partial charge in [-0.1, -0.05) is 32.6 Å². The van der Waals surface area contributed by atoms with Crippen LogP contribution in [0.3, 0.4) is 0 Å². The second-order valence-electron chi connectivity index (χ2n) is 7.38. The first kappa shape index (κ1) is 17.2. The molecule has 1 unspecified atom stereocenters. The minimum Gasteiger partial charge on any atom is -0.377 e. The summed E-state index contributed by atoms with van der Waals surface area (Å²) in [6.45, 7) is 7.84. The number of hydrogen-bond acceptors (Lipinski definition) is 3. The van der Waals surface area contributed by atoms with Gasteiger partial charge in [0.25, 0.3) is 0 Å². The lowest BCUT2D eigenvalue weighted by molar-refractivity contribution is -0.00893. The summed E-state index contributed by atoms with van der Waals surface area (Å²) in [7, 11) is 2.30. The van der Waals surface area contributed by atoms with E-state index in [0.29, 0.717) is 11.5 Å². The van der Waals surface area contributed by atoms with Gasteiger partial charge in [-0.15, -0.1) is 0 Å². The normalized spacial score (nSPS) is 26.7. The molecule has 2 aliphatic rings. The first-order chi connectivity index (χ1) is 10.2. The zero-order chi connectivity index (χ0) is 15.0. The van der Waals surface area contributed by atoms with Crippen molar-refractivity contribution in [2.45, 2.75) is 70.8 Å². The Morgan fingerprint density at radius 1 is 1.10 bits per heavy atom. The lowest BCUT2D eigenvalue weighted by atomic mass is 9.79. The first-order valence-electron chi connectivity index (χ1n) is 9.25. The van der Waals surface area contributed by atoms with Crippen LogP contribution in [0, 0.1) is 5.41 Å². The lowest BCUT2D eigenvalue weighted by Crippen LogP contribution is -2.45. The topological polar surface area (TPSA) is 24.5 Å². The van der Waals surface area contributed by atoms with Crippen molar-refractivity contribution in [1.29, 1.82) is 0 Å². The summed E-state index contributed by atoms with van der Waals surface area (Å²) < 4.78 is 5.92. The molecule has 1 aliphatic heterocycles. The van der Waals surface area contributed by atoms with Crippen LogP contribution in [0.5, 0.6) is 0 Å². The number of likely N-dealkylation sites (N-methyl/N-ethyl adjacent to an activating group) is 1. The smallest absolute Gasteiger partial charge is 0.0701 e. The molecule has 0 radical (unpaired) electrons. The van der Waals surface area contributed by atoms with Crippen molar-refractivity contribution in [3.63, 3.8) is 0 Å². The van der Waals surface area contributed by atoms with Crippen molar-refractivity contribution in [2.75, 3.05) is 39.8 Å². The summed E-state index contributed by atoms with van der Waals surface area (Å²) >= 11 is 0. The summed E-state index contributed by atoms with van der Waals surface area (Å²) in [6, 6.07) is 0. The Morgan fingerprint density at radius 2 is 1.86 bits per heavy atom. The molecule has 1 aliphatic carbocycles. The third kappa shape index (κ3) is 5.88. The Labute approximate surface area is 131 Å². The largest absolute Gasteiger partial charge is 0.377 e. The third-order valence-electron chi connectivity index (χ3n) is 5.31. The second kappa shape index (κ2) is 9.12. The lowest BCUT2D eigenvalue weighted by Gasteiger charge is -2.38. The fourth-order valence-electron chi connectivity index (χ4n) is 4.20. The number of ether oxygens (including phenoxy) is 1. The number of nitrogens with zero attached hydrogens (tertiary/aromatic N) is 1. The van der Waals surface area contributed by atoms with Gasteiger partial charge in [-0.25, -0.2) is 0 Å². The number of hydrogen-bond donors (Lipinski definition) is 1. The quantitative estimate of drug-likeness (QED) is 0.728. The van der Waals surface area contributed by atoms with Crippen molar-refractivity contribution < 1.29 is 4.74 Å². The molecule has 2 rings (SSSR count). The van der Waals surface area contributed by atoms with Gasteiger partial charge in [-0.05, 0) is 51.1 Å². The van der Waals surface area contributed by atoms with E-state index in [4.69, 9.17) is 4.74 Å². The first-order valence-corrected chi connectivity index (χ1v) is 9.25. The van der Waals surface area contributed by atoms with Crippen LogP contribution in [-0.2, 0) is 4.74 Å². The molecule has 1 N–H and O–H groups in total. The Balaban J connectivity index is 1.86. The van der Waals surface area contributed by atoms with E-state index in [0.717, 1.165) is 19.7 Å². The van der Waals surface area contributed by atoms with Crippen LogP contribution in [0.4, 0.5) is 0 Å². The highest BCUT2D eigenvalue weighted by molar-refractivity contribution is 4.87. The van der Waals surface area contributed by atoms with Crippen LogP contribution in [0.25, 0.3) is 0 Å². The van der Waals surface area contributed by atoms with Crippen LogP contribution < -0.4 is 5.32 Å². The molecule has 2 fully saturated rings. The van der Waals surface area contributed by atoms with Crippen LogP contribution in [0.15, 0.2) is 0 Å². The SMILES string of the molecule is CCNCC1(CN(C)CC2CCCCO2)CCCCCC1. The Hall–Kier alpha value is -0.120. The summed E-state index contributed by atoms with van der Waals surface area (Å²) in [4.78, 5) is 2.55. The molecule has 1 heterocycles. The maximum atomic E-state index is 5.92. The van der Waals surface area contributed by atoms with Crippen LogP contribution >= 0.6 is 0 Å². The Kier molecular flexibility index (Phi) is 7.48. The fraction of sp³-hybridized carbons (Fsp3) is 1.00. The van der Waals surface area contributed by atoms with Gasteiger partial charge in [-0.3, -0.25) is 0 Å². The van der Waals surface area contributed by atoms with E-state index in [2.05, 4.69) is 24.2 Å². The van der Waals surface area contributed by atoms with Gasteiger partial charge in [0.05, 0.1) is 6.10 Å². The fourth-order valence-corrected chi connectivity index (χ4v) is 4.20. The molecule has 1 saturated carbocycles. The van der Waals surface area contributed by atoms with E-state index >= 15 is 0 Å². The van der Waals surface area contributed by atoms with Gasteiger partial charge in [0, 0.05) is 26.2 Å². The van der Waals surface area contributed by atoms with Crippen LogP contribution in [0.2, 0.25) is 0 Å². The molecule has 21 heavy (non-hydrogen) atoms. The zero-order valence-corrected chi connectivity index (χ0v) is 14.3. The monoisotopic (exact) mass is 296 g/mol. The minimum absolute atomic E-state index is 0.478. The minimum atomic E-state index is 0.478. The van der Waals surface area contributed by atoms with E-state index in [1.54, 1.807) is 0 Å². The van der Waals surface area contributed by atoms with E-state index in [1.165, 1.54) is 70.9 Å². The molecular formula is C18H36N2O. The molecule has 0 aromatic carbocycles. The molecule has 1 atom stereocenters. The summed E-state index contributed by atoms with van der Waals surface area (Å²) in [5.41, 5.74) is 0.496. The van der Waals surface area contributed by atoms with Gasteiger partial charge in [0.1, 0.15) is 0 Å². The van der Waals surface area contributed by atoms with Gasteiger partial charge in [-0.2, -0.15) is 0 Å². The average molecular weight is 296 g/mol. The van der Waals surface area contributed by atoms with Gasteiger partial charge in [0.15, 0.2) is 0 Å². The van der Waals surface area contributed by atoms with Crippen molar-refractivity contribution >= 4 is 0 Å². The maximum Gasteiger partial charge on any atom is 0.0701 e. The number of rotatable bonds is 7. The van der Waals surface area contributed by atoms with Crippen LogP contribution in [-0.4, -0.2) is 50.8 Å². The predicted octanol–water partition coefficient (Wildman–Crippen LogP) is 3.44. The van der Waals surface area contributed by atoms with Crippen molar-refractivity contribution in [3.8, 4) is 0 Å². The molecule has 3 heteroatoms. The van der Waals surface area contributed by atoms with Crippen molar-refractivity contribution in [1.82, 2.24) is 10.2 Å². The van der Waals surface area contributed by atoms with E-state index in [1.807, 2.05) is 0 Å². The van der Waals surface area contributed by atoms with E-state index < -0.39 is 0 Å². The zero-order valence-electron chi connectivity index (χ0n) is 14.3. The molecule has 0 bridgehead atoms. The number of nitrogens with one attached hydrogen (secondary N) is 1. The van der Waals surface area contributed by atoms with Crippen molar-refractivity contribution in [2.24, 2.45) is 5.41 Å². The summed E-state index contributed by atoms with van der Waals surface area (Å²) in [5, 5.41) is 3.64. The maximum absolute atomic E-state index is 5.92. The second-order valence-corrected chi connectivity index (χ2v) is 7.38. The highest BCUT2D eigenvalue weighted by Crippen LogP contribution is 2.35. The molecule has 1 saturated heterocycles. The third-order valence-corrected chi connectivity index (χ3v) is 5.31. The van der Waals surface area contributed by atoms with Crippen molar-refractivity contribution in [3.05, 3.63) is 0 Å². The molecule has 0 aromatic heterocycles. The van der Waals surface area contributed by atoms with E-state index in [9.17, 15) is 0 Å². The summed E-state index contributed by atoms with van der Waals surface area (Å²) in [6.07, 6.45) is 12.8.